The Kier molecular flexibility index (Phi) is 1.84. The number of alkyl halides is 1. The highest BCUT2D eigenvalue weighted by atomic mass is 19.1. The van der Waals surface area contributed by atoms with Crippen LogP contribution in [-0.2, 0) is 4.79 Å². The van der Waals surface area contributed by atoms with Crippen LogP contribution in [0.1, 0.15) is 6.92 Å². The number of hydrogen-bond donors (Lipinski definition) is 0. The molecule has 3 heteroatoms. The van der Waals surface area contributed by atoms with E-state index in [0.29, 0.717) is 0 Å². The third-order valence-corrected chi connectivity index (χ3v) is 0.392. The number of carbonyl (C=O) groups is 1. The standard InChI is InChI=1S/C3H4BFO/c1-2(5)3(4)6/h2H,1H3. The minimum absolute atomic E-state index is 0.907. The average molecular weight is 85.9 g/mol. The fourth-order valence-electron chi connectivity index (χ4n) is 0. The van der Waals surface area contributed by atoms with E-state index in [1.54, 1.807) is 0 Å². The zero-order valence-corrected chi connectivity index (χ0v) is 3.44. The Hall–Kier alpha value is -0.335. The Morgan fingerprint density at radius 3 is 2.17 bits per heavy atom. The van der Waals surface area contributed by atoms with Crippen molar-refractivity contribution in [2.75, 3.05) is 0 Å². The number of carbonyl (C=O) groups excluding carboxylic acids is 1. The lowest BCUT2D eigenvalue weighted by Crippen LogP contribution is -2.09. The van der Waals surface area contributed by atoms with Gasteiger partial charge in [0.1, 0.15) is 11.9 Å². The molecule has 0 aromatic carbocycles. The fraction of sp³-hybridized carbons (Fsp3) is 0.667. The molecule has 0 aromatic heterocycles. The van der Waals surface area contributed by atoms with Gasteiger partial charge in [-0.1, -0.05) is 0 Å². The van der Waals surface area contributed by atoms with E-state index in [4.69, 9.17) is 0 Å². The predicted octanol–water partition coefficient (Wildman–Crippen LogP) is 0.0395. The molecular formula is C3H4BFO. The smallest absolute Gasteiger partial charge is 0.172 e. The van der Waals surface area contributed by atoms with Crippen molar-refractivity contribution in [2.45, 2.75) is 13.1 Å². The molecule has 1 atom stereocenters. The second kappa shape index (κ2) is 1.95. The first-order chi connectivity index (χ1) is 2.64. The van der Waals surface area contributed by atoms with Crippen molar-refractivity contribution in [3.63, 3.8) is 0 Å². The second-order valence-electron chi connectivity index (χ2n) is 1.02. The molecule has 0 amide bonds. The van der Waals surface area contributed by atoms with Crippen molar-refractivity contribution in [3.8, 4) is 0 Å². The summed E-state index contributed by atoms with van der Waals surface area (Å²) in [5.41, 5.74) is -0.907. The first-order valence-corrected chi connectivity index (χ1v) is 1.58. The molecule has 1 nitrogen and oxygen atoms in total. The monoisotopic (exact) mass is 86.0 g/mol. The maximum Gasteiger partial charge on any atom is 0.172 e. The minimum Gasteiger partial charge on any atom is -0.310 e. The van der Waals surface area contributed by atoms with Crippen molar-refractivity contribution in [2.24, 2.45) is 0 Å². The highest BCUT2D eigenvalue weighted by Gasteiger charge is 1.99. The van der Waals surface area contributed by atoms with Crippen molar-refractivity contribution < 1.29 is 9.18 Å². The third-order valence-electron chi connectivity index (χ3n) is 0.392. The van der Waals surface area contributed by atoms with E-state index in [-0.39, 0.29) is 0 Å². The zero-order chi connectivity index (χ0) is 5.15. The Bertz CT molecular complexity index is 61.8. The van der Waals surface area contributed by atoms with Crippen molar-refractivity contribution >= 4 is 13.5 Å². The summed E-state index contributed by atoms with van der Waals surface area (Å²) in [6, 6.07) is 0. The molecule has 0 saturated heterocycles. The molecule has 0 bridgehead atoms. The third kappa shape index (κ3) is 1.94. The van der Waals surface area contributed by atoms with Crippen molar-refractivity contribution in [3.05, 3.63) is 0 Å². The molecule has 0 N–H and O–H groups in total. The van der Waals surface area contributed by atoms with Crippen LogP contribution in [-0.4, -0.2) is 19.7 Å². The maximum atomic E-state index is 11.3. The predicted molar refractivity (Wildman–Crippen MR) is 21.3 cm³/mol. The quantitative estimate of drug-likeness (QED) is 0.411. The van der Waals surface area contributed by atoms with Crippen molar-refractivity contribution in [1.29, 1.82) is 0 Å². The highest BCUT2D eigenvalue weighted by molar-refractivity contribution is 6.58. The summed E-state index contributed by atoms with van der Waals surface area (Å²) in [6.45, 7) is 1.10. The summed E-state index contributed by atoms with van der Waals surface area (Å²) in [5.74, 6) is 0. The second-order valence-corrected chi connectivity index (χ2v) is 1.02. The van der Waals surface area contributed by atoms with E-state index in [1.807, 2.05) is 0 Å². The summed E-state index contributed by atoms with van der Waals surface area (Å²) in [7, 11) is 4.42. The molecule has 0 aliphatic carbocycles. The molecule has 0 aromatic rings. The normalized spacial score (nSPS) is 13.7. The maximum absolute atomic E-state index is 11.3. The Morgan fingerprint density at radius 2 is 2.17 bits per heavy atom. The molecule has 0 heterocycles. The summed E-state index contributed by atoms with van der Waals surface area (Å²) in [6.07, 6.45) is -1.51. The largest absolute Gasteiger partial charge is 0.310 e. The Balaban J connectivity index is 3.26. The summed E-state index contributed by atoms with van der Waals surface area (Å²) in [4.78, 5) is 9.55. The van der Waals surface area contributed by atoms with Crippen LogP contribution in [0.3, 0.4) is 0 Å². The van der Waals surface area contributed by atoms with Crippen LogP contribution in [0, 0.1) is 0 Å². The number of hydrogen-bond acceptors (Lipinski definition) is 1. The van der Waals surface area contributed by atoms with Gasteiger partial charge in [-0.3, -0.25) is 0 Å². The van der Waals surface area contributed by atoms with Crippen molar-refractivity contribution in [1.82, 2.24) is 0 Å². The fourth-order valence-corrected chi connectivity index (χ4v) is 0. The molecule has 6 heavy (non-hydrogen) atoms. The van der Waals surface area contributed by atoms with E-state index in [1.165, 1.54) is 0 Å². The van der Waals surface area contributed by atoms with Gasteiger partial charge in [-0.2, -0.15) is 0 Å². The summed E-state index contributed by atoms with van der Waals surface area (Å²) >= 11 is 0. The van der Waals surface area contributed by atoms with Gasteiger partial charge in [0.25, 0.3) is 0 Å². The first-order valence-electron chi connectivity index (χ1n) is 1.58. The zero-order valence-electron chi connectivity index (χ0n) is 3.44. The molecule has 1 unspecified atom stereocenters. The van der Waals surface area contributed by atoms with Crippen LogP contribution in [0.2, 0.25) is 0 Å². The van der Waals surface area contributed by atoms with Gasteiger partial charge >= 0.3 is 0 Å². The number of rotatable bonds is 1. The summed E-state index contributed by atoms with van der Waals surface area (Å²) in [5, 5.41) is 0. The molecule has 0 aliphatic heterocycles. The van der Waals surface area contributed by atoms with E-state index in [2.05, 4.69) is 7.85 Å². The Morgan fingerprint density at radius 1 is 2.00 bits per heavy atom. The summed E-state index contributed by atoms with van der Waals surface area (Å²) < 4.78 is 11.3. The van der Waals surface area contributed by atoms with E-state index in [9.17, 15) is 9.18 Å². The molecule has 0 rings (SSSR count). The van der Waals surface area contributed by atoms with E-state index < -0.39 is 11.9 Å². The van der Waals surface area contributed by atoms with Gasteiger partial charge in [-0.15, -0.1) is 0 Å². The van der Waals surface area contributed by atoms with Gasteiger partial charge in [0.2, 0.25) is 0 Å². The Labute approximate surface area is 36.9 Å². The average Bonchev–Trinajstić information content (AvgIpc) is 1.36. The van der Waals surface area contributed by atoms with Gasteiger partial charge < -0.3 is 4.79 Å². The lowest BCUT2D eigenvalue weighted by atomic mass is 10.00. The van der Waals surface area contributed by atoms with Gasteiger partial charge in [-0.25, -0.2) is 4.39 Å². The lowest BCUT2D eigenvalue weighted by molar-refractivity contribution is -0.115. The van der Waals surface area contributed by atoms with Gasteiger partial charge in [0, 0.05) is 0 Å². The SMILES string of the molecule is [B]C(=O)C(C)F. The topological polar surface area (TPSA) is 17.1 Å². The molecular weight excluding hydrogens is 81.8 g/mol. The first kappa shape index (κ1) is 5.66. The molecule has 0 aliphatic rings. The molecule has 32 valence electrons. The minimum atomic E-state index is -1.51. The van der Waals surface area contributed by atoms with Gasteiger partial charge in [0.15, 0.2) is 7.85 Å². The molecule has 2 radical (unpaired) electrons. The molecule has 0 fully saturated rings. The van der Waals surface area contributed by atoms with Crippen LogP contribution in [0.4, 0.5) is 4.39 Å². The van der Waals surface area contributed by atoms with Crippen LogP contribution >= 0.6 is 0 Å². The molecule has 0 spiro atoms. The van der Waals surface area contributed by atoms with Gasteiger partial charge in [0.05, 0.1) is 0 Å². The van der Waals surface area contributed by atoms with Crippen LogP contribution in [0.25, 0.3) is 0 Å². The van der Waals surface area contributed by atoms with Gasteiger partial charge in [-0.05, 0) is 6.92 Å². The number of halogens is 1. The van der Waals surface area contributed by atoms with E-state index >= 15 is 0 Å². The lowest BCUT2D eigenvalue weighted by Gasteiger charge is -1.87. The molecule has 0 saturated carbocycles. The van der Waals surface area contributed by atoms with Crippen LogP contribution < -0.4 is 0 Å². The van der Waals surface area contributed by atoms with Crippen LogP contribution in [0.15, 0.2) is 0 Å². The van der Waals surface area contributed by atoms with Crippen LogP contribution in [0.5, 0.6) is 0 Å². The highest BCUT2D eigenvalue weighted by Crippen LogP contribution is 1.82. The van der Waals surface area contributed by atoms with E-state index in [0.717, 1.165) is 6.92 Å².